The summed E-state index contributed by atoms with van der Waals surface area (Å²) in [7, 11) is 0. The molecule has 1 aromatic carbocycles. The highest BCUT2D eigenvalue weighted by atomic mass is 19.4. The van der Waals surface area contributed by atoms with Crippen molar-refractivity contribution < 1.29 is 22.6 Å². The average molecular weight is 303 g/mol. The van der Waals surface area contributed by atoms with Gasteiger partial charge in [0.25, 0.3) is 0 Å². The van der Waals surface area contributed by atoms with Crippen LogP contribution in [0.5, 0.6) is 5.75 Å². The maximum absolute atomic E-state index is 12.3. The Bertz CT molecular complexity index is 445. The van der Waals surface area contributed by atoms with Gasteiger partial charge in [-0.15, -0.1) is 13.2 Å². The van der Waals surface area contributed by atoms with Crippen LogP contribution in [0.3, 0.4) is 0 Å². The number of hydrogen-bond donors (Lipinski definition) is 1. The van der Waals surface area contributed by atoms with Crippen LogP contribution in [0.2, 0.25) is 0 Å². The van der Waals surface area contributed by atoms with Crippen molar-refractivity contribution in [2.24, 2.45) is 5.92 Å². The quantitative estimate of drug-likeness (QED) is 0.870. The first kappa shape index (κ1) is 16.1. The van der Waals surface area contributed by atoms with Crippen molar-refractivity contribution >= 4 is 0 Å². The number of alkyl halides is 3. The molecule has 3 nitrogen and oxygen atoms in total. The SMILES string of the molecule is CCNC(CC1CCOC1)c1cccc(OC(F)(F)F)c1. The van der Waals surface area contributed by atoms with E-state index in [1.807, 2.05) is 13.0 Å². The Morgan fingerprint density at radius 3 is 2.86 bits per heavy atom. The second-order valence-electron chi connectivity index (χ2n) is 5.20. The smallest absolute Gasteiger partial charge is 0.406 e. The van der Waals surface area contributed by atoms with Crippen molar-refractivity contribution in [3.05, 3.63) is 29.8 Å². The first-order chi connectivity index (χ1) is 9.98. The number of halogens is 3. The molecule has 21 heavy (non-hydrogen) atoms. The molecule has 1 heterocycles. The Hall–Kier alpha value is -1.27. The standard InChI is InChI=1S/C15H20F3NO2/c1-2-19-14(8-11-6-7-20-10-11)12-4-3-5-13(9-12)21-15(16,17)18/h3-5,9,11,14,19H,2,6-8,10H2,1H3. The minimum atomic E-state index is -4.66. The molecular formula is C15H20F3NO2. The van der Waals surface area contributed by atoms with Crippen LogP contribution in [0.1, 0.15) is 31.4 Å². The molecule has 2 unspecified atom stereocenters. The minimum Gasteiger partial charge on any atom is -0.406 e. The third-order valence-corrected chi connectivity index (χ3v) is 3.54. The van der Waals surface area contributed by atoms with Gasteiger partial charge < -0.3 is 14.8 Å². The van der Waals surface area contributed by atoms with Crippen molar-refractivity contribution in [1.29, 1.82) is 0 Å². The number of benzene rings is 1. The van der Waals surface area contributed by atoms with Gasteiger partial charge in [0.15, 0.2) is 0 Å². The Balaban J connectivity index is 2.09. The first-order valence-corrected chi connectivity index (χ1v) is 7.14. The topological polar surface area (TPSA) is 30.5 Å². The van der Waals surface area contributed by atoms with Crippen molar-refractivity contribution in [3.8, 4) is 5.75 Å². The number of nitrogens with one attached hydrogen (secondary N) is 1. The molecule has 118 valence electrons. The van der Waals surface area contributed by atoms with E-state index in [0.29, 0.717) is 5.92 Å². The number of hydrogen-bond acceptors (Lipinski definition) is 3. The van der Waals surface area contributed by atoms with Crippen LogP contribution in [-0.4, -0.2) is 26.1 Å². The summed E-state index contributed by atoms with van der Waals surface area (Å²) in [5.74, 6) is 0.270. The minimum absolute atomic E-state index is 0.0125. The summed E-state index contributed by atoms with van der Waals surface area (Å²) in [6, 6.07) is 6.20. The van der Waals surface area contributed by atoms with Gasteiger partial charge in [-0.05, 0) is 43.0 Å². The van der Waals surface area contributed by atoms with E-state index in [1.54, 1.807) is 6.07 Å². The fourth-order valence-corrected chi connectivity index (χ4v) is 2.61. The molecule has 0 spiro atoms. The zero-order chi connectivity index (χ0) is 15.3. The summed E-state index contributed by atoms with van der Waals surface area (Å²) >= 11 is 0. The van der Waals surface area contributed by atoms with Gasteiger partial charge in [-0.1, -0.05) is 19.1 Å². The van der Waals surface area contributed by atoms with E-state index < -0.39 is 6.36 Å². The first-order valence-electron chi connectivity index (χ1n) is 7.14. The van der Waals surface area contributed by atoms with Crippen LogP contribution >= 0.6 is 0 Å². The Morgan fingerprint density at radius 1 is 1.43 bits per heavy atom. The van der Waals surface area contributed by atoms with E-state index in [9.17, 15) is 13.2 Å². The Morgan fingerprint density at radius 2 is 2.24 bits per heavy atom. The van der Waals surface area contributed by atoms with E-state index >= 15 is 0 Å². The highest BCUT2D eigenvalue weighted by molar-refractivity contribution is 5.30. The third kappa shape index (κ3) is 5.21. The molecule has 0 aliphatic carbocycles. The molecule has 1 aliphatic rings. The fraction of sp³-hybridized carbons (Fsp3) is 0.600. The molecule has 6 heteroatoms. The van der Waals surface area contributed by atoms with Crippen LogP contribution < -0.4 is 10.1 Å². The van der Waals surface area contributed by atoms with Crippen LogP contribution in [0, 0.1) is 5.92 Å². The van der Waals surface area contributed by atoms with Crippen molar-refractivity contribution in [2.45, 2.75) is 32.2 Å². The van der Waals surface area contributed by atoms with Crippen LogP contribution in [0.15, 0.2) is 24.3 Å². The van der Waals surface area contributed by atoms with Gasteiger partial charge in [0.05, 0.1) is 0 Å². The van der Waals surface area contributed by atoms with E-state index in [-0.39, 0.29) is 11.8 Å². The number of ether oxygens (including phenoxy) is 2. The lowest BCUT2D eigenvalue weighted by Gasteiger charge is -2.22. The third-order valence-electron chi connectivity index (χ3n) is 3.54. The summed E-state index contributed by atoms with van der Waals surface area (Å²) in [4.78, 5) is 0. The summed E-state index contributed by atoms with van der Waals surface area (Å²) in [5.41, 5.74) is 0.811. The lowest BCUT2D eigenvalue weighted by atomic mass is 9.94. The van der Waals surface area contributed by atoms with Gasteiger partial charge >= 0.3 is 6.36 Å². The van der Waals surface area contributed by atoms with Crippen LogP contribution in [-0.2, 0) is 4.74 Å². The van der Waals surface area contributed by atoms with E-state index in [0.717, 1.165) is 38.2 Å². The molecule has 2 atom stereocenters. The molecule has 1 N–H and O–H groups in total. The van der Waals surface area contributed by atoms with E-state index in [2.05, 4.69) is 10.1 Å². The zero-order valence-corrected chi connectivity index (χ0v) is 12.0. The molecule has 2 rings (SSSR count). The second-order valence-corrected chi connectivity index (χ2v) is 5.20. The van der Waals surface area contributed by atoms with E-state index in [1.165, 1.54) is 12.1 Å². The van der Waals surface area contributed by atoms with Gasteiger partial charge in [-0.3, -0.25) is 0 Å². The summed E-state index contributed by atoms with van der Waals surface area (Å²) in [5, 5.41) is 3.32. The van der Waals surface area contributed by atoms with Gasteiger partial charge in [-0.25, -0.2) is 0 Å². The molecule has 1 aromatic rings. The summed E-state index contributed by atoms with van der Waals surface area (Å²) < 4.78 is 46.2. The predicted octanol–water partition coefficient (Wildman–Crippen LogP) is 3.66. The molecule has 1 fully saturated rings. The molecule has 0 bridgehead atoms. The number of rotatable bonds is 6. The maximum atomic E-state index is 12.3. The van der Waals surface area contributed by atoms with Gasteiger partial charge in [0.2, 0.25) is 0 Å². The van der Waals surface area contributed by atoms with E-state index in [4.69, 9.17) is 4.74 Å². The lowest BCUT2D eigenvalue weighted by Crippen LogP contribution is -2.24. The highest BCUT2D eigenvalue weighted by Crippen LogP contribution is 2.30. The highest BCUT2D eigenvalue weighted by Gasteiger charge is 2.31. The van der Waals surface area contributed by atoms with Gasteiger partial charge in [0.1, 0.15) is 5.75 Å². The van der Waals surface area contributed by atoms with Gasteiger partial charge in [0, 0.05) is 19.3 Å². The molecule has 1 aliphatic heterocycles. The molecule has 0 saturated carbocycles. The molecule has 1 saturated heterocycles. The van der Waals surface area contributed by atoms with Crippen LogP contribution in [0.25, 0.3) is 0 Å². The lowest BCUT2D eigenvalue weighted by molar-refractivity contribution is -0.274. The zero-order valence-electron chi connectivity index (χ0n) is 12.0. The normalized spacial score (nSPS) is 20.5. The Kier molecular flexibility index (Phi) is 5.47. The Labute approximate surface area is 122 Å². The van der Waals surface area contributed by atoms with Gasteiger partial charge in [-0.2, -0.15) is 0 Å². The summed E-state index contributed by atoms with van der Waals surface area (Å²) in [6.07, 6.45) is -2.81. The largest absolute Gasteiger partial charge is 0.573 e. The predicted molar refractivity (Wildman–Crippen MR) is 73.1 cm³/mol. The molecular weight excluding hydrogens is 283 g/mol. The molecule has 0 radical (unpaired) electrons. The van der Waals surface area contributed by atoms with Crippen molar-refractivity contribution in [3.63, 3.8) is 0 Å². The second kappa shape index (κ2) is 7.13. The monoisotopic (exact) mass is 303 g/mol. The van der Waals surface area contributed by atoms with Crippen molar-refractivity contribution in [2.75, 3.05) is 19.8 Å². The average Bonchev–Trinajstić information content (AvgIpc) is 2.89. The van der Waals surface area contributed by atoms with Crippen molar-refractivity contribution in [1.82, 2.24) is 5.32 Å². The summed E-state index contributed by atoms with van der Waals surface area (Å²) in [6.45, 7) is 4.22. The fourth-order valence-electron chi connectivity index (χ4n) is 2.61. The molecule has 0 aromatic heterocycles. The molecule has 0 amide bonds. The van der Waals surface area contributed by atoms with Crippen LogP contribution in [0.4, 0.5) is 13.2 Å². The maximum Gasteiger partial charge on any atom is 0.573 e.